The summed E-state index contributed by atoms with van der Waals surface area (Å²) in [6.45, 7) is 8.98. The Bertz CT molecular complexity index is 148. The molecule has 0 radical (unpaired) electrons. The molecule has 2 nitrogen and oxygen atoms in total. The number of hydrogen-bond acceptors (Lipinski definition) is 2. The van der Waals surface area contributed by atoms with Gasteiger partial charge in [0.2, 0.25) is 0 Å². The predicted octanol–water partition coefficient (Wildman–Crippen LogP) is 1.33. The molecule has 2 heteroatoms. The van der Waals surface area contributed by atoms with Crippen molar-refractivity contribution < 1.29 is 0 Å². The van der Waals surface area contributed by atoms with Crippen molar-refractivity contribution in [2.24, 2.45) is 11.8 Å². The summed E-state index contributed by atoms with van der Waals surface area (Å²) in [6, 6.07) is 0. The van der Waals surface area contributed by atoms with Gasteiger partial charge in [-0.05, 0) is 50.9 Å². The fourth-order valence-corrected chi connectivity index (χ4v) is 2.41. The lowest BCUT2D eigenvalue weighted by Crippen LogP contribution is -2.48. The third-order valence-corrected chi connectivity index (χ3v) is 3.61. The highest BCUT2D eigenvalue weighted by Crippen LogP contribution is 2.19. The van der Waals surface area contributed by atoms with Crippen LogP contribution in [0.4, 0.5) is 0 Å². The summed E-state index contributed by atoms with van der Waals surface area (Å²) in [5.41, 5.74) is 0. The van der Waals surface area contributed by atoms with Gasteiger partial charge in [-0.2, -0.15) is 0 Å². The van der Waals surface area contributed by atoms with E-state index in [1.165, 1.54) is 52.0 Å². The average molecular weight is 182 g/mol. The van der Waals surface area contributed by atoms with Gasteiger partial charge >= 0.3 is 0 Å². The molecule has 0 spiro atoms. The molecule has 2 heterocycles. The molecule has 0 aromatic carbocycles. The van der Waals surface area contributed by atoms with Gasteiger partial charge in [-0.3, -0.25) is 0 Å². The van der Waals surface area contributed by atoms with Crippen molar-refractivity contribution in [2.75, 3.05) is 32.7 Å². The largest absolute Gasteiger partial charge is 0.316 e. The van der Waals surface area contributed by atoms with Crippen molar-refractivity contribution in [3.8, 4) is 0 Å². The Morgan fingerprint density at radius 3 is 2.46 bits per heavy atom. The first kappa shape index (κ1) is 9.47. The van der Waals surface area contributed by atoms with Crippen LogP contribution in [-0.2, 0) is 0 Å². The lowest BCUT2D eigenvalue weighted by Gasteiger charge is -2.37. The molecule has 1 atom stereocenters. The minimum absolute atomic E-state index is 0.902. The molecule has 13 heavy (non-hydrogen) atoms. The van der Waals surface area contributed by atoms with Gasteiger partial charge in [0, 0.05) is 6.54 Å². The van der Waals surface area contributed by atoms with Crippen LogP contribution in [0.1, 0.15) is 26.2 Å². The van der Waals surface area contributed by atoms with Crippen LogP contribution >= 0.6 is 0 Å². The number of piperidine rings is 1. The first-order valence-corrected chi connectivity index (χ1v) is 5.79. The van der Waals surface area contributed by atoms with Gasteiger partial charge in [-0.25, -0.2) is 0 Å². The molecule has 2 saturated heterocycles. The summed E-state index contributed by atoms with van der Waals surface area (Å²) in [7, 11) is 0. The topological polar surface area (TPSA) is 15.3 Å². The summed E-state index contributed by atoms with van der Waals surface area (Å²) in [5, 5.41) is 3.36. The molecule has 0 aliphatic carbocycles. The second-order valence-electron chi connectivity index (χ2n) is 4.76. The van der Waals surface area contributed by atoms with Crippen molar-refractivity contribution in [3.05, 3.63) is 0 Å². The van der Waals surface area contributed by atoms with Crippen molar-refractivity contribution >= 4 is 0 Å². The Kier molecular flexibility index (Phi) is 3.23. The second-order valence-corrected chi connectivity index (χ2v) is 4.76. The third kappa shape index (κ3) is 2.44. The Morgan fingerprint density at radius 2 is 1.92 bits per heavy atom. The van der Waals surface area contributed by atoms with Crippen molar-refractivity contribution in [1.82, 2.24) is 10.2 Å². The van der Waals surface area contributed by atoms with Crippen LogP contribution < -0.4 is 5.32 Å². The van der Waals surface area contributed by atoms with Crippen molar-refractivity contribution in [1.29, 1.82) is 0 Å². The minimum atomic E-state index is 0.902. The van der Waals surface area contributed by atoms with E-state index in [1.54, 1.807) is 0 Å². The van der Waals surface area contributed by atoms with Crippen LogP contribution in [0.5, 0.6) is 0 Å². The zero-order valence-electron chi connectivity index (χ0n) is 8.76. The average Bonchev–Trinajstić information content (AvgIpc) is 2.02. The number of likely N-dealkylation sites (tertiary alicyclic amines) is 1. The lowest BCUT2D eigenvalue weighted by molar-refractivity contribution is 0.148. The van der Waals surface area contributed by atoms with Gasteiger partial charge in [0.15, 0.2) is 0 Å². The quantitative estimate of drug-likeness (QED) is 0.708. The van der Waals surface area contributed by atoms with E-state index < -0.39 is 0 Å². The van der Waals surface area contributed by atoms with E-state index in [4.69, 9.17) is 0 Å². The number of rotatable bonds is 3. The highest BCUT2D eigenvalue weighted by molar-refractivity contribution is 4.81. The van der Waals surface area contributed by atoms with E-state index >= 15 is 0 Å². The van der Waals surface area contributed by atoms with Gasteiger partial charge in [-0.1, -0.05) is 13.3 Å². The smallest absolute Gasteiger partial charge is 0.00106 e. The fourth-order valence-electron chi connectivity index (χ4n) is 2.41. The summed E-state index contributed by atoms with van der Waals surface area (Å²) in [5.74, 6) is 1.86. The molecular weight excluding hydrogens is 160 g/mol. The maximum atomic E-state index is 3.36. The Hall–Kier alpha value is -0.0800. The van der Waals surface area contributed by atoms with Crippen molar-refractivity contribution in [3.63, 3.8) is 0 Å². The molecule has 0 saturated carbocycles. The zero-order chi connectivity index (χ0) is 9.10. The molecule has 2 aliphatic rings. The van der Waals surface area contributed by atoms with Crippen LogP contribution in [0.25, 0.3) is 0 Å². The minimum Gasteiger partial charge on any atom is -0.316 e. The van der Waals surface area contributed by atoms with Crippen LogP contribution in [0.3, 0.4) is 0 Å². The number of nitrogens with one attached hydrogen (secondary N) is 1. The molecule has 0 amide bonds. The van der Waals surface area contributed by atoms with Gasteiger partial charge in [0.05, 0.1) is 0 Å². The number of hydrogen-bond donors (Lipinski definition) is 1. The maximum absolute atomic E-state index is 3.36. The second kappa shape index (κ2) is 4.43. The van der Waals surface area contributed by atoms with Crippen molar-refractivity contribution in [2.45, 2.75) is 26.2 Å². The predicted molar refractivity (Wildman–Crippen MR) is 55.8 cm³/mol. The Balaban J connectivity index is 1.69. The first-order chi connectivity index (χ1) is 6.36. The molecule has 2 aliphatic heterocycles. The molecule has 0 aromatic rings. The summed E-state index contributed by atoms with van der Waals surface area (Å²) in [4.78, 5) is 2.66. The first-order valence-electron chi connectivity index (χ1n) is 5.79. The van der Waals surface area contributed by atoms with Gasteiger partial charge in [0.1, 0.15) is 0 Å². The zero-order valence-corrected chi connectivity index (χ0v) is 8.76. The molecule has 2 rings (SSSR count). The Labute approximate surface area is 81.7 Å². The maximum Gasteiger partial charge on any atom is 0.00106 e. The van der Waals surface area contributed by atoms with E-state index in [2.05, 4.69) is 17.1 Å². The van der Waals surface area contributed by atoms with Gasteiger partial charge in [0.25, 0.3) is 0 Å². The third-order valence-electron chi connectivity index (χ3n) is 3.61. The van der Waals surface area contributed by atoms with Crippen LogP contribution in [0, 0.1) is 11.8 Å². The van der Waals surface area contributed by atoms with Crippen LogP contribution in [0.15, 0.2) is 0 Å². The normalized spacial score (nSPS) is 28.4. The van der Waals surface area contributed by atoms with E-state index in [0.717, 1.165) is 11.8 Å². The van der Waals surface area contributed by atoms with Gasteiger partial charge in [-0.15, -0.1) is 0 Å². The lowest BCUT2D eigenvalue weighted by atomic mass is 9.88. The van der Waals surface area contributed by atoms with Crippen LogP contribution in [0.2, 0.25) is 0 Å². The highest BCUT2D eigenvalue weighted by Gasteiger charge is 2.25. The standard InChI is InChI=1S/C11H22N2/c1-10(11-7-12-8-11)9-13-5-3-2-4-6-13/h10-12H,2-9H2,1H3. The van der Waals surface area contributed by atoms with E-state index in [0.29, 0.717) is 0 Å². The summed E-state index contributed by atoms with van der Waals surface area (Å²) in [6.07, 6.45) is 4.31. The number of nitrogens with zero attached hydrogens (tertiary/aromatic N) is 1. The molecule has 76 valence electrons. The molecule has 1 unspecified atom stereocenters. The molecular formula is C11H22N2. The fraction of sp³-hybridized carbons (Fsp3) is 1.00. The van der Waals surface area contributed by atoms with E-state index in [-0.39, 0.29) is 0 Å². The van der Waals surface area contributed by atoms with Gasteiger partial charge < -0.3 is 10.2 Å². The van der Waals surface area contributed by atoms with E-state index in [1.807, 2.05) is 0 Å². The van der Waals surface area contributed by atoms with Crippen LogP contribution in [-0.4, -0.2) is 37.6 Å². The summed E-state index contributed by atoms with van der Waals surface area (Å²) < 4.78 is 0. The molecule has 2 fully saturated rings. The monoisotopic (exact) mass is 182 g/mol. The molecule has 1 N–H and O–H groups in total. The Morgan fingerprint density at radius 1 is 1.23 bits per heavy atom. The van der Waals surface area contributed by atoms with E-state index in [9.17, 15) is 0 Å². The summed E-state index contributed by atoms with van der Waals surface area (Å²) >= 11 is 0. The molecule has 0 aromatic heterocycles. The SMILES string of the molecule is CC(CN1CCCCC1)C1CNC1. The molecule has 0 bridgehead atoms. The highest BCUT2D eigenvalue weighted by atomic mass is 15.1.